The number of carbonyl (C=O) groups is 1. The monoisotopic (exact) mass is 393 g/mol. The summed E-state index contributed by atoms with van der Waals surface area (Å²) in [5.41, 5.74) is -0.714. The summed E-state index contributed by atoms with van der Waals surface area (Å²) in [5.74, 6) is -2.36. The predicted molar refractivity (Wildman–Crippen MR) is 104 cm³/mol. The Balaban J connectivity index is 1.74. The summed E-state index contributed by atoms with van der Waals surface area (Å²) in [4.78, 5) is 40.2. The lowest BCUT2D eigenvalue weighted by atomic mass is 10.1. The maximum atomic E-state index is 13.7. The summed E-state index contributed by atoms with van der Waals surface area (Å²) in [6.45, 7) is 0. The molecule has 0 aliphatic carbocycles. The van der Waals surface area contributed by atoms with Gasteiger partial charge in [0.1, 0.15) is 11.6 Å². The maximum Gasteiger partial charge on any atom is 0.333 e. The Morgan fingerprint density at radius 2 is 1.69 bits per heavy atom. The van der Waals surface area contributed by atoms with Gasteiger partial charge in [-0.3, -0.25) is 9.59 Å². The van der Waals surface area contributed by atoms with Crippen molar-refractivity contribution in [2.75, 3.05) is 5.32 Å². The highest BCUT2D eigenvalue weighted by Gasteiger charge is 2.14. The summed E-state index contributed by atoms with van der Waals surface area (Å²) in [7, 11) is 0. The molecule has 4 rings (SSSR count). The number of aromatic nitrogens is 2. The molecular weight excluding hydrogens is 380 g/mol. The Morgan fingerprint density at radius 1 is 0.931 bits per heavy atom. The van der Waals surface area contributed by atoms with Crippen LogP contribution in [0.2, 0.25) is 0 Å². The Labute approximate surface area is 162 Å². The number of H-pyrrole nitrogens is 1. The molecule has 0 fully saturated rings. The van der Waals surface area contributed by atoms with Crippen LogP contribution >= 0.6 is 0 Å². The summed E-state index contributed by atoms with van der Waals surface area (Å²) in [5, 5.41) is 2.54. The van der Waals surface area contributed by atoms with Gasteiger partial charge in [0.25, 0.3) is 11.5 Å². The molecule has 0 saturated heterocycles. The number of benzene rings is 3. The smallest absolute Gasteiger partial charge is 0.319 e. The highest BCUT2D eigenvalue weighted by molar-refractivity contribution is 6.06. The first-order valence-corrected chi connectivity index (χ1v) is 8.55. The number of hydrogen-bond donors (Lipinski definition) is 2. The number of hydrogen-bond acceptors (Lipinski definition) is 3. The number of para-hydroxylation sites is 1. The lowest BCUT2D eigenvalue weighted by molar-refractivity contribution is 0.102. The van der Waals surface area contributed by atoms with Crippen molar-refractivity contribution in [3.8, 4) is 5.69 Å². The van der Waals surface area contributed by atoms with E-state index in [4.69, 9.17) is 0 Å². The summed E-state index contributed by atoms with van der Waals surface area (Å²) in [6, 6.07) is 15.3. The third-order valence-corrected chi connectivity index (χ3v) is 4.35. The van der Waals surface area contributed by atoms with Gasteiger partial charge in [-0.15, -0.1) is 0 Å². The van der Waals surface area contributed by atoms with E-state index in [9.17, 15) is 23.2 Å². The molecule has 0 aliphatic heterocycles. The van der Waals surface area contributed by atoms with Crippen LogP contribution in [0.5, 0.6) is 0 Å². The zero-order valence-electron chi connectivity index (χ0n) is 14.8. The van der Waals surface area contributed by atoms with Crippen molar-refractivity contribution < 1.29 is 13.6 Å². The SMILES string of the molecule is O=C(Nc1ccc(F)cc1F)c1ccc2c(=O)n(-c3ccccc3)c(=O)[nH]c2c1. The molecule has 1 aromatic heterocycles. The fourth-order valence-electron chi connectivity index (χ4n) is 2.96. The second-order valence-electron chi connectivity index (χ2n) is 6.24. The number of carbonyl (C=O) groups excluding carboxylic acids is 1. The average molecular weight is 393 g/mol. The quantitative estimate of drug-likeness (QED) is 0.561. The molecule has 0 radical (unpaired) electrons. The largest absolute Gasteiger partial charge is 0.333 e. The first-order valence-electron chi connectivity index (χ1n) is 8.55. The maximum absolute atomic E-state index is 13.7. The first kappa shape index (κ1) is 18.3. The van der Waals surface area contributed by atoms with Crippen LogP contribution in [0.4, 0.5) is 14.5 Å². The van der Waals surface area contributed by atoms with Gasteiger partial charge in [-0.05, 0) is 42.5 Å². The fourth-order valence-corrected chi connectivity index (χ4v) is 2.96. The van der Waals surface area contributed by atoms with Gasteiger partial charge in [0.2, 0.25) is 0 Å². The van der Waals surface area contributed by atoms with E-state index >= 15 is 0 Å². The van der Waals surface area contributed by atoms with Gasteiger partial charge < -0.3 is 10.3 Å². The molecule has 0 unspecified atom stereocenters. The minimum atomic E-state index is -0.918. The van der Waals surface area contributed by atoms with Crippen LogP contribution < -0.4 is 16.6 Å². The van der Waals surface area contributed by atoms with Crippen LogP contribution in [0, 0.1) is 11.6 Å². The van der Waals surface area contributed by atoms with Crippen molar-refractivity contribution in [3.05, 3.63) is 105 Å². The van der Waals surface area contributed by atoms with Crippen LogP contribution in [-0.2, 0) is 0 Å². The Bertz CT molecular complexity index is 1360. The van der Waals surface area contributed by atoms with Crippen molar-refractivity contribution in [1.29, 1.82) is 0 Å². The molecule has 4 aromatic rings. The van der Waals surface area contributed by atoms with E-state index in [1.807, 2.05) is 0 Å². The van der Waals surface area contributed by atoms with Crippen molar-refractivity contribution in [3.63, 3.8) is 0 Å². The van der Waals surface area contributed by atoms with Gasteiger partial charge >= 0.3 is 5.69 Å². The van der Waals surface area contributed by atoms with E-state index in [-0.39, 0.29) is 22.2 Å². The lowest BCUT2D eigenvalue weighted by Crippen LogP contribution is -2.33. The van der Waals surface area contributed by atoms with Crippen LogP contribution in [0.3, 0.4) is 0 Å². The van der Waals surface area contributed by atoms with Gasteiger partial charge in [-0.1, -0.05) is 18.2 Å². The summed E-state index contributed by atoms with van der Waals surface area (Å²) >= 11 is 0. The van der Waals surface area contributed by atoms with Gasteiger partial charge in [0.05, 0.1) is 22.3 Å². The number of halogens is 2. The minimum Gasteiger partial charge on any atom is -0.319 e. The number of nitrogens with zero attached hydrogens (tertiary/aromatic N) is 1. The molecule has 3 aromatic carbocycles. The second-order valence-corrected chi connectivity index (χ2v) is 6.24. The zero-order chi connectivity index (χ0) is 20.5. The van der Waals surface area contributed by atoms with E-state index < -0.39 is 28.8 Å². The van der Waals surface area contributed by atoms with E-state index in [2.05, 4.69) is 10.3 Å². The van der Waals surface area contributed by atoms with Crippen LogP contribution in [-0.4, -0.2) is 15.5 Å². The van der Waals surface area contributed by atoms with Crippen molar-refractivity contribution in [2.45, 2.75) is 0 Å². The Kier molecular flexibility index (Phi) is 4.52. The third kappa shape index (κ3) is 3.43. The molecule has 0 aliphatic rings. The molecule has 144 valence electrons. The van der Waals surface area contributed by atoms with E-state index in [1.54, 1.807) is 30.3 Å². The van der Waals surface area contributed by atoms with Gasteiger partial charge in [0.15, 0.2) is 0 Å². The van der Waals surface area contributed by atoms with Crippen LogP contribution in [0.25, 0.3) is 16.6 Å². The predicted octanol–water partition coefficient (Wildman–Crippen LogP) is 3.21. The number of fused-ring (bicyclic) bond motifs is 1. The number of aromatic amines is 1. The third-order valence-electron chi connectivity index (χ3n) is 4.35. The van der Waals surface area contributed by atoms with E-state index in [1.165, 1.54) is 18.2 Å². The highest BCUT2D eigenvalue weighted by atomic mass is 19.1. The molecule has 1 heterocycles. The Hall–Kier alpha value is -4.07. The normalized spacial score (nSPS) is 10.8. The number of nitrogens with one attached hydrogen (secondary N) is 2. The van der Waals surface area contributed by atoms with Crippen LogP contribution in [0.15, 0.2) is 76.3 Å². The highest BCUT2D eigenvalue weighted by Crippen LogP contribution is 2.17. The molecule has 1 amide bonds. The molecule has 8 heteroatoms. The van der Waals surface area contributed by atoms with Crippen molar-refractivity contribution in [1.82, 2.24) is 9.55 Å². The molecule has 0 atom stereocenters. The second kappa shape index (κ2) is 7.16. The molecule has 0 saturated carbocycles. The Morgan fingerprint density at radius 3 is 2.41 bits per heavy atom. The van der Waals surface area contributed by atoms with Gasteiger partial charge in [-0.2, -0.15) is 0 Å². The fraction of sp³-hybridized carbons (Fsp3) is 0. The number of rotatable bonds is 3. The number of amides is 1. The van der Waals surface area contributed by atoms with E-state index in [0.29, 0.717) is 11.8 Å². The van der Waals surface area contributed by atoms with Crippen LogP contribution in [0.1, 0.15) is 10.4 Å². The lowest BCUT2D eigenvalue weighted by Gasteiger charge is -2.09. The van der Waals surface area contributed by atoms with E-state index in [0.717, 1.165) is 16.7 Å². The standard InChI is InChI=1S/C21H13F2N3O3/c22-13-7-9-17(16(23)11-13)24-19(27)12-6-8-15-18(10-12)25-21(29)26(20(15)28)14-4-2-1-3-5-14/h1-11H,(H,24,27)(H,25,29). The van der Waals surface area contributed by atoms with Crippen molar-refractivity contribution in [2.24, 2.45) is 0 Å². The zero-order valence-corrected chi connectivity index (χ0v) is 14.8. The molecule has 2 N–H and O–H groups in total. The van der Waals surface area contributed by atoms with Gasteiger partial charge in [0, 0.05) is 11.6 Å². The first-order chi connectivity index (χ1) is 13.9. The summed E-state index contributed by atoms with van der Waals surface area (Å²) in [6.07, 6.45) is 0. The van der Waals surface area contributed by atoms with Gasteiger partial charge in [-0.25, -0.2) is 18.1 Å². The topological polar surface area (TPSA) is 84.0 Å². The molecule has 29 heavy (non-hydrogen) atoms. The molecule has 6 nitrogen and oxygen atoms in total. The minimum absolute atomic E-state index is 0.0914. The average Bonchev–Trinajstić information content (AvgIpc) is 2.70. The molecule has 0 spiro atoms. The molecule has 0 bridgehead atoms. The summed E-state index contributed by atoms with van der Waals surface area (Å²) < 4.78 is 27.7. The van der Waals surface area contributed by atoms with Crippen molar-refractivity contribution >= 4 is 22.5 Å². The molecular formula is C21H13F2N3O3. The number of anilines is 1.